The Morgan fingerprint density at radius 1 is 1.60 bits per heavy atom. The summed E-state index contributed by atoms with van der Waals surface area (Å²) in [6.45, 7) is 4.60. The van der Waals surface area contributed by atoms with E-state index < -0.39 is 0 Å². The van der Waals surface area contributed by atoms with Crippen molar-refractivity contribution in [3.05, 3.63) is 0 Å². The average Bonchev–Trinajstić information content (AvgIpc) is 2.14. The second-order valence-corrected chi connectivity index (χ2v) is 4.11. The number of rotatable bonds is 6. The van der Waals surface area contributed by atoms with E-state index in [1.807, 2.05) is 6.92 Å². The summed E-state index contributed by atoms with van der Waals surface area (Å²) in [5.74, 6) is 0.768. The Morgan fingerprint density at radius 3 is 2.87 bits per heavy atom. The van der Waals surface area contributed by atoms with Gasteiger partial charge in [-0.05, 0) is 31.8 Å². The quantitative estimate of drug-likeness (QED) is 0.631. The monoisotopic (exact) mass is 209 g/mol. The normalized spacial score (nSPS) is 17.6. The third kappa shape index (κ3) is 3.88. The van der Waals surface area contributed by atoms with Crippen LogP contribution < -0.4 is 10.6 Å². The lowest BCUT2D eigenvalue weighted by Crippen LogP contribution is -2.49. The molecular formula is C11H19N3O. The minimum Gasteiger partial charge on any atom is -0.356 e. The van der Waals surface area contributed by atoms with Crippen molar-refractivity contribution in [3.8, 4) is 6.07 Å². The molecule has 1 aliphatic rings. The summed E-state index contributed by atoms with van der Waals surface area (Å²) in [7, 11) is 0. The molecule has 15 heavy (non-hydrogen) atoms. The van der Waals surface area contributed by atoms with Crippen molar-refractivity contribution >= 4 is 5.91 Å². The highest BCUT2D eigenvalue weighted by Crippen LogP contribution is 2.15. The molecule has 4 heteroatoms. The zero-order valence-electron chi connectivity index (χ0n) is 9.25. The van der Waals surface area contributed by atoms with Gasteiger partial charge in [-0.2, -0.15) is 5.26 Å². The van der Waals surface area contributed by atoms with Crippen LogP contribution in [0.5, 0.6) is 0 Å². The van der Waals surface area contributed by atoms with Gasteiger partial charge in [0, 0.05) is 18.9 Å². The molecule has 0 radical (unpaired) electrons. The molecule has 0 spiro atoms. The average molecular weight is 209 g/mol. The molecule has 1 amide bonds. The highest BCUT2D eigenvalue weighted by Gasteiger charge is 2.28. The van der Waals surface area contributed by atoms with Crippen molar-refractivity contribution in [2.45, 2.75) is 26.2 Å². The van der Waals surface area contributed by atoms with Crippen LogP contribution in [0, 0.1) is 23.2 Å². The Balaban J connectivity index is 2.05. The first-order chi connectivity index (χ1) is 7.25. The number of nitrogens with zero attached hydrogens (tertiary/aromatic N) is 1. The van der Waals surface area contributed by atoms with Gasteiger partial charge in [0.1, 0.15) is 0 Å². The van der Waals surface area contributed by atoms with E-state index in [0.29, 0.717) is 18.9 Å². The predicted molar refractivity (Wildman–Crippen MR) is 58.0 cm³/mol. The van der Waals surface area contributed by atoms with E-state index in [0.717, 1.165) is 25.9 Å². The molecule has 4 nitrogen and oxygen atoms in total. The molecule has 1 saturated heterocycles. The van der Waals surface area contributed by atoms with Crippen LogP contribution in [-0.4, -0.2) is 25.5 Å². The van der Waals surface area contributed by atoms with Gasteiger partial charge in [0.15, 0.2) is 0 Å². The van der Waals surface area contributed by atoms with Crippen molar-refractivity contribution in [1.29, 1.82) is 5.26 Å². The molecule has 0 aliphatic carbocycles. The third-order valence-corrected chi connectivity index (χ3v) is 2.95. The topological polar surface area (TPSA) is 64.9 Å². The number of carbonyl (C=O) groups is 1. The lowest BCUT2D eigenvalue weighted by Gasteiger charge is -2.31. The molecular weight excluding hydrogens is 190 g/mol. The molecule has 0 aromatic rings. The first-order valence-corrected chi connectivity index (χ1v) is 5.61. The molecule has 1 fully saturated rings. The fraction of sp³-hybridized carbons (Fsp3) is 0.818. The van der Waals surface area contributed by atoms with E-state index in [2.05, 4.69) is 16.7 Å². The maximum Gasteiger partial charge on any atom is 0.223 e. The Morgan fingerprint density at radius 2 is 2.33 bits per heavy atom. The molecule has 0 bridgehead atoms. The standard InChI is InChI=1S/C11H19N3O/c1-9(10-7-13-8-10)11(15)14-6-4-2-3-5-12/h9-10,13H,2-4,6-8H2,1H3,(H,14,15). The lowest BCUT2D eigenvalue weighted by molar-refractivity contribution is -0.126. The van der Waals surface area contributed by atoms with Crippen molar-refractivity contribution in [3.63, 3.8) is 0 Å². The number of hydrogen-bond donors (Lipinski definition) is 2. The zero-order valence-corrected chi connectivity index (χ0v) is 9.25. The third-order valence-electron chi connectivity index (χ3n) is 2.95. The summed E-state index contributed by atoms with van der Waals surface area (Å²) < 4.78 is 0. The van der Waals surface area contributed by atoms with Crippen LogP contribution in [0.3, 0.4) is 0 Å². The highest BCUT2D eigenvalue weighted by atomic mass is 16.1. The second kappa shape index (κ2) is 6.41. The Bertz CT molecular complexity index is 243. The maximum absolute atomic E-state index is 11.6. The molecule has 1 unspecified atom stereocenters. The van der Waals surface area contributed by atoms with Gasteiger partial charge in [-0.1, -0.05) is 6.92 Å². The molecule has 0 saturated carbocycles. The van der Waals surface area contributed by atoms with E-state index in [9.17, 15) is 4.79 Å². The SMILES string of the molecule is CC(C(=O)NCCCCC#N)C1CNC1. The smallest absolute Gasteiger partial charge is 0.223 e. The molecule has 2 N–H and O–H groups in total. The number of carbonyl (C=O) groups excluding carboxylic acids is 1. The number of hydrogen-bond acceptors (Lipinski definition) is 3. The molecule has 1 heterocycles. The van der Waals surface area contributed by atoms with E-state index in [1.54, 1.807) is 0 Å². The Kier molecular flexibility index (Phi) is 5.13. The van der Waals surface area contributed by atoms with Gasteiger partial charge in [-0.3, -0.25) is 4.79 Å². The molecule has 1 atom stereocenters. The van der Waals surface area contributed by atoms with Gasteiger partial charge in [-0.15, -0.1) is 0 Å². The lowest BCUT2D eigenvalue weighted by atomic mass is 9.88. The number of nitrogens with one attached hydrogen (secondary N) is 2. The number of nitriles is 1. The summed E-state index contributed by atoms with van der Waals surface area (Å²) in [5, 5.41) is 14.4. The summed E-state index contributed by atoms with van der Waals surface area (Å²) >= 11 is 0. The second-order valence-electron chi connectivity index (χ2n) is 4.11. The fourth-order valence-corrected chi connectivity index (χ4v) is 1.58. The largest absolute Gasteiger partial charge is 0.356 e. The molecule has 1 rings (SSSR count). The molecule has 0 aromatic carbocycles. The van der Waals surface area contributed by atoms with E-state index >= 15 is 0 Å². The first kappa shape index (κ1) is 12.0. The Hall–Kier alpha value is -1.08. The maximum atomic E-state index is 11.6. The van der Waals surface area contributed by atoms with E-state index in [4.69, 9.17) is 5.26 Å². The molecule has 0 aromatic heterocycles. The van der Waals surface area contributed by atoms with Crippen molar-refractivity contribution in [2.75, 3.05) is 19.6 Å². The predicted octanol–water partition coefficient (Wildman–Crippen LogP) is 0.652. The minimum atomic E-state index is 0.113. The Labute approximate surface area is 91.0 Å². The van der Waals surface area contributed by atoms with Crippen molar-refractivity contribution < 1.29 is 4.79 Å². The summed E-state index contributed by atoms with van der Waals surface area (Å²) in [6.07, 6.45) is 2.35. The van der Waals surface area contributed by atoms with Crippen LogP contribution in [0.25, 0.3) is 0 Å². The number of unbranched alkanes of at least 4 members (excludes halogenated alkanes) is 2. The van der Waals surface area contributed by atoms with Crippen LogP contribution in [0.4, 0.5) is 0 Å². The van der Waals surface area contributed by atoms with Gasteiger partial charge in [-0.25, -0.2) is 0 Å². The minimum absolute atomic E-state index is 0.113. The first-order valence-electron chi connectivity index (χ1n) is 5.61. The van der Waals surface area contributed by atoms with Gasteiger partial charge in [0.25, 0.3) is 0 Å². The fourth-order valence-electron chi connectivity index (χ4n) is 1.58. The van der Waals surface area contributed by atoms with Gasteiger partial charge in [0.2, 0.25) is 5.91 Å². The molecule has 84 valence electrons. The van der Waals surface area contributed by atoms with E-state index in [-0.39, 0.29) is 11.8 Å². The highest BCUT2D eigenvalue weighted by molar-refractivity contribution is 5.78. The van der Waals surface area contributed by atoms with E-state index in [1.165, 1.54) is 0 Å². The van der Waals surface area contributed by atoms with Crippen LogP contribution in [0.2, 0.25) is 0 Å². The van der Waals surface area contributed by atoms with Gasteiger partial charge in [0.05, 0.1) is 6.07 Å². The van der Waals surface area contributed by atoms with Crippen molar-refractivity contribution in [2.24, 2.45) is 11.8 Å². The summed E-state index contributed by atoms with van der Waals surface area (Å²) in [6, 6.07) is 2.09. The summed E-state index contributed by atoms with van der Waals surface area (Å²) in [4.78, 5) is 11.6. The zero-order chi connectivity index (χ0) is 11.1. The van der Waals surface area contributed by atoms with Crippen molar-refractivity contribution in [1.82, 2.24) is 10.6 Å². The molecule has 1 aliphatic heterocycles. The summed E-state index contributed by atoms with van der Waals surface area (Å²) in [5.41, 5.74) is 0. The van der Waals surface area contributed by atoms with Crippen LogP contribution in [0.1, 0.15) is 26.2 Å². The van der Waals surface area contributed by atoms with Crippen LogP contribution in [-0.2, 0) is 4.79 Å². The number of amides is 1. The van der Waals surface area contributed by atoms with Gasteiger partial charge < -0.3 is 10.6 Å². The van der Waals surface area contributed by atoms with Crippen LogP contribution >= 0.6 is 0 Å². The van der Waals surface area contributed by atoms with Crippen LogP contribution in [0.15, 0.2) is 0 Å². The van der Waals surface area contributed by atoms with Gasteiger partial charge >= 0.3 is 0 Å².